The van der Waals surface area contributed by atoms with Crippen LogP contribution < -0.4 is 0 Å². The van der Waals surface area contributed by atoms with Crippen LogP contribution in [0.15, 0.2) is 72.8 Å². The fourth-order valence-corrected chi connectivity index (χ4v) is 4.29. The fourth-order valence-electron chi connectivity index (χ4n) is 4.29. The number of hydrogen-bond donors (Lipinski definition) is 0. The zero-order chi connectivity index (χ0) is 19.3. The highest BCUT2D eigenvalue weighted by Crippen LogP contribution is 2.24. The van der Waals surface area contributed by atoms with Gasteiger partial charge in [-0.15, -0.1) is 0 Å². The normalized spacial score (nSPS) is 16.9. The van der Waals surface area contributed by atoms with Crippen LogP contribution >= 0.6 is 0 Å². The summed E-state index contributed by atoms with van der Waals surface area (Å²) in [6.07, 6.45) is 3.25. The van der Waals surface area contributed by atoms with Crippen LogP contribution in [-0.2, 0) is 13.0 Å². The fraction of sp³-hybridized carbons (Fsp3) is 0.320. The molecule has 1 aliphatic heterocycles. The van der Waals surface area contributed by atoms with Crippen molar-refractivity contribution in [1.29, 1.82) is 0 Å². The summed E-state index contributed by atoms with van der Waals surface area (Å²) in [5.41, 5.74) is 2.58. The minimum atomic E-state index is 0.181. The van der Waals surface area contributed by atoms with Gasteiger partial charge in [-0.3, -0.25) is 0 Å². The van der Waals surface area contributed by atoms with Crippen molar-refractivity contribution in [1.82, 2.24) is 9.80 Å². The van der Waals surface area contributed by atoms with Crippen molar-refractivity contribution in [2.75, 3.05) is 13.1 Å². The highest BCUT2D eigenvalue weighted by Gasteiger charge is 2.35. The molecule has 1 heterocycles. The summed E-state index contributed by atoms with van der Waals surface area (Å²) in [4.78, 5) is 17.0. The van der Waals surface area contributed by atoms with E-state index in [0.29, 0.717) is 12.6 Å². The summed E-state index contributed by atoms with van der Waals surface area (Å²) in [7, 11) is 0. The molecule has 3 aromatic carbocycles. The number of amides is 2. The number of carbonyl (C=O) groups excluding carboxylic acids is 1. The minimum absolute atomic E-state index is 0.181. The zero-order valence-corrected chi connectivity index (χ0v) is 16.6. The molecule has 144 valence electrons. The molecule has 1 aliphatic rings. The average molecular weight is 373 g/mol. The molecule has 0 spiro atoms. The van der Waals surface area contributed by atoms with Crippen molar-refractivity contribution in [3.8, 4) is 0 Å². The van der Waals surface area contributed by atoms with Gasteiger partial charge >= 0.3 is 6.03 Å². The van der Waals surface area contributed by atoms with Crippen LogP contribution in [0.3, 0.4) is 0 Å². The van der Waals surface area contributed by atoms with Gasteiger partial charge in [-0.2, -0.15) is 0 Å². The van der Waals surface area contributed by atoms with E-state index in [1.54, 1.807) is 0 Å². The van der Waals surface area contributed by atoms with E-state index >= 15 is 0 Å². The second kappa shape index (κ2) is 8.47. The number of urea groups is 1. The summed E-state index contributed by atoms with van der Waals surface area (Å²) < 4.78 is 0. The second-order valence-corrected chi connectivity index (χ2v) is 7.66. The minimum Gasteiger partial charge on any atom is -0.320 e. The van der Waals surface area contributed by atoms with Crippen molar-refractivity contribution in [2.45, 2.75) is 38.8 Å². The Morgan fingerprint density at radius 3 is 2.43 bits per heavy atom. The Balaban J connectivity index is 1.39. The number of fused-ring (bicyclic) bond motifs is 1. The van der Waals surface area contributed by atoms with Gasteiger partial charge in [0.05, 0.1) is 6.04 Å². The van der Waals surface area contributed by atoms with Crippen molar-refractivity contribution in [2.24, 2.45) is 0 Å². The molecule has 1 saturated heterocycles. The molecule has 3 aromatic rings. The maximum Gasteiger partial charge on any atom is 0.320 e. The molecule has 0 saturated carbocycles. The van der Waals surface area contributed by atoms with Crippen LogP contribution in [0, 0.1) is 0 Å². The Morgan fingerprint density at radius 2 is 1.64 bits per heavy atom. The van der Waals surface area contributed by atoms with Gasteiger partial charge in [-0.05, 0) is 54.2 Å². The van der Waals surface area contributed by atoms with Gasteiger partial charge in [0.15, 0.2) is 0 Å². The van der Waals surface area contributed by atoms with Crippen LogP contribution in [0.25, 0.3) is 10.8 Å². The van der Waals surface area contributed by atoms with E-state index in [4.69, 9.17) is 0 Å². The van der Waals surface area contributed by atoms with Crippen LogP contribution in [0.2, 0.25) is 0 Å². The van der Waals surface area contributed by atoms with Gasteiger partial charge < -0.3 is 9.80 Å². The first-order valence-corrected chi connectivity index (χ1v) is 10.3. The SMILES string of the molecule is CCN1C(=O)N(Cc2ccc3ccccc3c2)CC1CCCc1ccccc1. The van der Waals surface area contributed by atoms with E-state index < -0.39 is 0 Å². The van der Waals surface area contributed by atoms with Gasteiger partial charge in [0.2, 0.25) is 0 Å². The van der Waals surface area contributed by atoms with E-state index in [9.17, 15) is 4.79 Å². The number of carbonyl (C=O) groups is 1. The van der Waals surface area contributed by atoms with Gasteiger partial charge in [0.1, 0.15) is 0 Å². The van der Waals surface area contributed by atoms with Crippen LogP contribution in [0.1, 0.15) is 30.9 Å². The summed E-state index contributed by atoms with van der Waals surface area (Å²) in [5, 5.41) is 2.48. The lowest BCUT2D eigenvalue weighted by molar-refractivity contribution is 0.186. The number of likely N-dealkylation sites (N-methyl/N-ethyl adjacent to an activating group) is 1. The highest BCUT2D eigenvalue weighted by molar-refractivity contribution is 5.83. The van der Waals surface area contributed by atoms with E-state index in [1.807, 2.05) is 9.80 Å². The van der Waals surface area contributed by atoms with E-state index in [-0.39, 0.29) is 6.03 Å². The van der Waals surface area contributed by atoms with Crippen LogP contribution in [-0.4, -0.2) is 35.0 Å². The molecular formula is C25H28N2O. The summed E-state index contributed by atoms with van der Waals surface area (Å²) in [6.45, 7) is 4.38. The van der Waals surface area contributed by atoms with Crippen molar-refractivity contribution in [3.63, 3.8) is 0 Å². The van der Waals surface area contributed by atoms with Crippen LogP contribution in [0.5, 0.6) is 0 Å². The highest BCUT2D eigenvalue weighted by atomic mass is 16.2. The third-order valence-corrected chi connectivity index (χ3v) is 5.76. The number of rotatable bonds is 7. The first-order valence-electron chi connectivity index (χ1n) is 10.3. The quantitative estimate of drug-likeness (QED) is 0.538. The van der Waals surface area contributed by atoms with Crippen molar-refractivity contribution < 1.29 is 4.79 Å². The number of benzene rings is 3. The second-order valence-electron chi connectivity index (χ2n) is 7.66. The molecule has 0 N–H and O–H groups in total. The molecule has 0 bridgehead atoms. The Bertz CT molecular complexity index is 937. The van der Waals surface area contributed by atoms with E-state index in [0.717, 1.165) is 32.4 Å². The Hall–Kier alpha value is -2.81. The molecule has 0 aromatic heterocycles. The van der Waals surface area contributed by atoms with Crippen molar-refractivity contribution >= 4 is 16.8 Å². The summed E-state index contributed by atoms with van der Waals surface area (Å²) >= 11 is 0. The molecule has 0 radical (unpaired) electrons. The molecule has 28 heavy (non-hydrogen) atoms. The maximum atomic E-state index is 12.9. The smallest absolute Gasteiger partial charge is 0.320 e. The van der Waals surface area contributed by atoms with Gasteiger partial charge in [-0.25, -0.2) is 4.79 Å². The Morgan fingerprint density at radius 1 is 0.893 bits per heavy atom. The first-order chi connectivity index (χ1) is 13.7. The lowest BCUT2D eigenvalue weighted by Gasteiger charge is -2.21. The maximum absolute atomic E-state index is 12.9. The molecule has 1 atom stereocenters. The number of aryl methyl sites for hydroxylation is 1. The number of nitrogens with zero attached hydrogens (tertiary/aromatic N) is 2. The largest absolute Gasteiger partial charge is 0.320 e. The summed E-state index contributed by atoms with van der Waals surface area (Å²) in [6, 6.07) is 26.0. The van der Waals surface area contributed by atoms with Crippen LogP contribution in [0.4, 0.5) is 4.79 Å². The third kappa shape index (κ3) is 4.04. The molecule has 0 aliphatic carbocycles. The predicted octanol–water partition coefficient (Wildman–Crippen LogP) is 5.49. The Labute approximate surface area is 167 Å². The molecular weight excluding hydrogens is 344 g/mol. The topological polar surface area (TPSA) is 23.6 Å². The number of hydrogen-bond acceptors (Lipinski definition) is 1. The van der Waals surface area contributed by atoms with Gasteiger partial charge in [-0.1, -0.05) is 66.7 Å². The standard InChI is InChI=1S/C25H28N2O/c1-2-27-24(14-8-11-20-9-4-3-5-10-20)19-26(25(27)28)18-21-15-16-22-12-6-7-13-23(22)17-21/h3-7,9-10,12-13,15-17,24H,2,8,11,14,18-19H2,1H3. The van der Waals surface area contributed by atoms with E-state index in [1.165, 1.54) is 21.9 Å². The molecule has 1 fully saturated rings. The lowest BCUT2D eigenvalue weighted by Crippen LogP contribution is -2.34. The lowest BCUT2D eigenvalue weighted by atomic mass is 10.0. The predicted molar refractivity (Wildman–Crippen MR) is 115 cm³/mol. The third-order valence-electron chi connectivity index (χ3n) is 5.76. The first kappa shape index (κ1) is 18.5. The zero-order valence-electron chi connectivity index (χ0n) is 16.6. The molecule has 1 unspecified atom stereocenters. The molecule has 2 amide bonds. The average Bonchev–Trinajstić information content (AvgIpc) is 3.03. The summed E-state index contributed by atoms with van der Waals surface area (Å²) in [5.74, 6) is 0. The van der Waals surface area contributed by atoms with Crippen molar-refractivity contribution in [3.05, 3.63) is 83.9 Å². The Kier molecular flexibility index (Phi) is 5.61. The van der Waals surface area contributed by atoms with E-state index in [2.05, 4.69) is 79.7 Å². The van der Waals surface area contributed by atoms with Gasteiger partial charge in [0.25, 0.3) is 0 Å². The molecule has 3 nitrogen and oxygen atoms in total. The van der Waals surface area contributed by atoms with Gasteiger partial charge in [0, 0.05) is 19.6 Å². The monoisotopic (exact) mass is 372 g/mol. The molecule has 4 rings (SSSR count). The molecule has 3 heteroatoms.